The van der Waals surface area contributed by atoms with Crippen LogP contribution >= 0.6 is 0 Å². The summed E-state index contributed by atoms with van der Waals surface area (Å²) in [6.45, 7) is 3.42. The van der Waals surface area contributed by atoms with Crippen LogP contribution in [0.1, 0.15) is 106 Å². The lowest BCUT2D eigenvalue weighted by Crippen LogP contribution is -2.28. The number of alkyl halides is 3. The number of rotatable bonds is 12. The number of hydrogen-bond acceptors (Lipinski definition) is 1. The third-order valence-electron chi connectivity index (χ3n) is 7.17. The quantitative estimate of drug-likeness (QED) is 0.210. The maximum absolute atomic E-state index is 14.8. The predicted octanol–water partition coefficient (Wildman–Crippen LogP) is 9.59. The molecule has 1 saturated carbocycles. The van der Waals surface area contributed by atoms with Gasteiger partial charge in [0.1, 0.15) is 11.6 Å². The lowest BCUT2D eigenvalue weighted by atomic mass is 9.77. The van der Waals surface area contributed by atoms with Crippen LogP contribution in [0.25, 0.3) is 0 Å². The molecule has 3 rings (SSSR count). The largest absolute Gasteiger partial charge is 0.391 e. The predicted molar refractivity (Wildman–Crippen MR) is 129 cm³/mol. The van der Waals surface area contributed by atoms with Gasteiger partial charge in [-0.15, -0.1) is 0 Å². The van der Waals surface area contributed by atoms with Gasteiger partial charge in [0, 0.05) is 5.56 Å². The van der Waals surface area contributed by atoms with E-state index in [1.165, 1.54) is 37.8 Å². The van der Waals surface area contributed by atoms with Gasteiger partial charge in [-0.1, -0.05) is 70.2 Å². The van der Waals surface area contributed by atoms with Crippen LogP contribution in [0.5, 0.6) is 0 Å². The number of aryl methyl sites for hydroxylation is 1. The fourth-order valence-electron chi connectivity index (χ4n) is 5.09. The van der Waals surface area contributed by atoms with E-state index in [1.807, 2.05) is 6.92 Å². The van der Waals surface area contributed by atoms with Crippen LogP contribution in [0.15, 0.2) is 36.4 Å². The maximum atomic E-state index is 14.8. The lowest BCUT2D eigenvalue weighted by Gasteiger charge is -2.29. The molecular weight excluding hydrogens is 459 g/mol. The smallest absolute Gasteiger partial charge is 0.313 e. The summed E-state index contributed by atoms with van der Waals surface area (Å²) in [4.78, 5) is 0. The average Bonchev–Trinajstić information content (AvgIpc) is 2.83. The van der Waals surface area contributed by atoms with Gasteiger partial charge in [0.05, 0.1) is 6.61 Å². The molecule has 0 spiro atoms. The van der Waals surface area contributed by atoms with Crippen molar-refractivity contribution >= 4 is 0 Å². The molecule has 6 heteroatoms. The van der Waals surface area contributed by atoms with E-state index in [4.69, 9.17) is 0 Å². The summed E-state index contributed by atoms with van der Waals surface area (Å²) in [6.07, 6.45) is 3.06. The highest BCUT2D eigenvalue weighted by molar-refractivity contribution is 5.28. The van der Waals surface area contributed by atoms with E-state index in [2.05, 4.69) is 11.7 Å². The Kier molecular flexibility index (Phi) is 10.1. The average molecular weight is 497 g/mol. The van der Waals surface area contributed by atoms with E-state index in [0.717, 1.165) is 44.2 Å². The second-order valence-corrected chi connectivity index (χ2v) is 9.89. The Hall–Kier alpha value is -1.95. The van der Waals surface area contributed by atoms with Gasteiger partial charge < -0.3 is 4.74 Å². The van der Waals surface area contributed by atoms with Gasteiger partial charge in [0.25, 0.3) is 0 Å². The molecule has 0 aromatic heterocycles. The van der Waals surface area contributed by atoms with Gasteiger partial charge in [0.2, 0.25) is 6.17 Å². The molecule has 0 bridgehead atoms. The minimum Gasteiger partial charge on any atom is -0.313 e. The molecule has 0 heterocycles. The summed E-state index contributed by atoms with van der Waals surface area (Å²) >= 11 is 0. The van der Waals surface area contributed by atoms with Crippen molar-refractivity contribution in [3.8, 4) is 0 Å². The van der Waals surface area contributed by atoms with Gasteiger partial charge in [-0.3, -0.25) is 0 Å². The van der Waals surface area contributed by atoms with Crippen molar-refractivity contribution in [1.29, 1.82) is 0 Å². The Morgan fingerprint density at radius 3 is 2.20 bits per heavy atom. The second kappa shape index (κ2) is 12.8. The Morgan fingerprint density at radius 2 is 1.57 bits per heavy atom. The number of benzene rings is 2. The first-order chi connectivity index (χ1) is 16.7. The minimum atomic E-state index is -4.25. The third kappa shape index (κ3) is 7.52. The van der Waals surface area contributed by atoms with E-state index in [-0.39, 0.29) is 11.5 Å². The highest BCUT2D eigenvalue weighted by Crippen LogP contribution is 2.40. The van der Waals surface area contributed by atoms with E-state index in [0.29, 0.717) is 23.5 Å². The fraction of sp³-hybridized carbons (Fsp3) is 0.586. The number of halogens is 5. The zero-order valence-corrected chi connectivity index (χ0v) is 20.8. The molecule has 1 nitrogen and oxygen atoms in total. The molecule has 0 aliphatic heterocycles. The van der Waals surface area contributed by atoms with Gasteiger partial charge in [-0.2, -0.15) is 8.78 Å². The zero-order valence-electron chi connectivity index (χ0n) is 20.8. The summed E-state index contributed by atoms with van der Waals surface area (Å²) in [7, 11) is 0. The molecule has 0 radical (unpaired) electrons. The van der Waals surface area contributed by atoms with Crippen LogP contribution in [0.3, 0.4) is 0 Å². The van der Waals surface area contributed by atoms with E-state index >= 15 is 0 Å². The van der Waals surface area contributed by atoms with Gasteiger partial charge >= 0.3 is 6.11 Å². The van der Waals surface area contributed by atoms with Crippen LogP contribution in [0.4, 0.5) is 22.0 Å². The first-order valence-corrected chi connectivity index (χ1v) is 13.0. The topological polar surface area (TPSA) is 9.23 Å². The van der Waals surface area contributed by atoms with Crippen molar-refractivity contribution in [3.63, 3.8) is 0 Å². The molecule has 0 N–H and O–H groups in total. The second-order valence-electron chi connectivity index (χ2n) is 9.89. The Bertz CT molecular complexity index is 937. The van der Waals surface area contributed by atoms with Crippen LogP contribution < -0.4 is 0 Å². The van der Waals surface area contributed by atoms with Gasteiger partial charge in [-0.25, -0.2) is 13.2 Å². The molecule has 1 fully saturated rings. The standard InChI is InChI=1S/C29H37F5O/c1-3-5-6-8-20-9-13-23(14-10-20)24-15-12-22(18-26(24)30)19-35-29(33,34)28(32)25-16-11-21(7-4-2)17-27(25)31/h11-12,15-18,20,23,28H,3-10,13-14,19H2,1-2H3. The number of ether oxygens (including phenoxy) is 1. The Balaban J connectivity index is 1.56. The maximum Gasteiger partial charge on any atom is 0.391 e. The Morgan fingerprint density at radius 1 is 0.886 bits per heavy atom. The first kappa shape index (κ1) is 27.6. The molecule has 1 unspecified atom stereocenters. The summed E-state index contributed by atoms with van der Waals surface area (Å²) in [6, 6.07) is 7.93. The van der Waals surface area contributed by atoms with Crippen molar-refractivity contribution in [1.82, 2.24) is 0 Å². The summed E-state index contributed by atoms with van der Waals surface area (Å²) in [5.74, 6) is -0.639. The molecule has 2 aromatic carbocycles. The minimum absolute atomic E-state index is 0.128. The van der Waals surface area contributed by atoms with Crippen molar-refractivity contribution in [2.75, 3.05) is 0 Å². The molecular formula is C29H37F5O. The molecule has 2 aromatic rings. The first-order valence-electron chi connectivity index (χ1n) is 13.0. The van der Waals surface area contributed by atoms with Crippen molar-refractivity contribution < 1.29 is 26.7 Å². The van der Waals surface area contributed by atoms with Crippen LogP contribution in [0, 0.1) is 17.6 Å². The molecule has 1 aliphatic rings. The molecule has 35 heavy (non-hydrogen) atoms. The SMILES string of the molecule is CCCCCC1CCC(c2ccc(COC(F)(F)C(F)c3ccc(CCC)cc3F)cc2F)CC1. The van der Waals surface area contributed by atoms with Crippen molar-refractivity contribution in [2.24, 2.45) is 5.92 Å². The molecule has 0 amide bonds. The zero-order chi connectivity index (χ0) is 25.4. The van der Waals surface area contributed by atoms with Crippen LogP contribution in [-0.2, 0) is 17.8 Å². The van der Waals surface area contributed by atoms with Gasteiger partial charge in [-0.05, 0) is 72.8 Å². The van der Waals surface area contributed by atoms with Gasteiger partial charge in [0.15, 0.2) is 0 Å². The van der Waals surface area contributed by atoms with Crippen molar-refractivity contribution in [2.45, 2.75) is 103 Å². The monoisotopic (exact) mass is 496 g/mol. The lowest BCUT2D eigenvalue weighted by molar-refractivity contribution is -0.282. The molecule has 1 aliphatic carbocycles. The normalized spacial score (nSPS) is 19.6. The van der Waals surface area contributed by atoms with Crippen molar-refractivity contribution in [3.05, 3.63) is 70.3 Å². The van der Waals surface area contributed by atoms with E-state index in [9.17, 15) is 22.0 Å². The van der Waals surface area contributed by atoms with E-state index in [1.54, 1.807) is 12.1 Å². The summed E-state index contributed by atoms with van der Waals surface area (Å²) in [5.41, 5.74) is 0.655. The summed E-state index contributed by atoms with van der Waals surface area (Å²) < 4.78 is 76.8. The highest BCUT2D eigenvalue weighted by atomic mass is 19.3. The highest BCUT2D eigenvalue weighted by Gasteiger charge is 2.44. The molecule has 194 valence electrons. The van der Waals surface area contributed by atoms with Crippen LogP contribution in [0.2, 0.25) is 0 Å². The van der Waals surface area contributed by atoms with Crippen LogP contribution in [-0.4, -0.2) is 6.11 Å². The summed E-state index contributed by atoms with van der Waals surface area (Å²) in [5, 5.41) is 0. The van der Waals surface area contributed by atoms with E-state index < -0.39 is 36.1 Å². The number of hydrogen-bond donors (Lipinski definition) is 0. The Labute approximate surface area is 206 Å². The molecule has 1 atom stereocenters. The third-order valence-corrected chi connectivity index (χ3v) is 7.17. The fourth-order valence-corrected chi connectivity index (χ4v) is 5.09. The number of unbranched alkanes of at least 4 members (excludes halogenated alkanes) is 2. The molecule has 0 saturated heterocycles.